The number of carbonyl (C=O) groups is 7. The highest BCUT2D eigenvalue weighted by molar-refractivity contribution is 5.96. The van der Waals surface area contributed by atoms with Crippen LogP contribution in [-0.2, 0) is 61.8 Å². The number of nitrogens with one attached hydrogen (secondary N) is 1. The molecule has 4 fully saturated rings. The minimum Gasteiger partial charge on any atom is -0.455 e. The van der Waals surface area contributed by atoms with Crippen LogP contribution in [0.25, 0.3) is 0 Å². The number of terminal acetylenes is 1. The summed E-state index contributed by atoms with van der Waals surface area (Å²) in [5.74, 6) is 29.9. The van der Waals surface area contributed by atoms with Crippen molar-refractivity contribution in [2.24, 2.45) is 16.7 Å². The van der Waals surface area contributed by atoms with Gasteiger partial charge in [0.05, 0.1) is 42.6 Å². The number of aliphatic hydroxyl groups is 2. The first kappa shape index (κ1) is 64.0. The number of Topliss-reactive ketones (excluding diaryl/α,β-unsaturated/α-hetero) is 1. The zero-order chi connectivity index (χ0) is 63.2. The Morgan fingerprint density at radius 3 is 1.90 bits per heavy atom. The van der Waals surface area contributed by atoms with E-state index in [0.717, 1.165) is 13.8 Å². The molecule has 2 heterocycles. The number of aliphatic hydroxyl groups excluding tert-OH is 1. The van der Waals surface area contributed by atoms with Gasteiger partial charge >= 0.3 is 30.0 Å². The van der Waals surface area contributed by atoms with Crippen LogP contribution in [0.15, 0.2) is 102 Å². The second kappa shape index (κ2) is 28.0. The Labute approximate surface area is 509 Å². The molecule has 448 valence electrons. The topological polar surface area (TPSA) is 255 Å². The highest BCUT2D eigenvalue weighted by atomic mass is 16.8. The van der Waals surface area contributed by atoms with Crippen LogP contribution < -0.4 is 5.32 Å². The molecule has 0 radical (unpaired) electrons. The lowest BCUT2D eigenvalue weighted by atomic mass is 9.44. The Hall–Kier alpha value is -10.0. The molecule has 2 aliphatic heterocycles. The van der Waals surface area contributed by atoms with Gasteiger partial charge in [-0.25, -0.2) is 14.4 Å². The predicted octanol–water partition coefficient (Wildman–Crippen LogP) is 4.69. The number of benzene rings is 3. The predicted molar refractivity (Wildman–Crippen MR) is 310 cm³/mol. The molecule has 2 saturated carbocycles. The van der Waals surface area contributed by atoms with Crippen molar-refractivity contribution >= 4 is 41.7 Å². The van der Waals surface area contributed by atoms with Gasteiger partial charge in [-0.05, 0) is 138 Å². The SMILES string of the molecule is C#CC#CC#CC#CC#CC#CC#CC#CC[C@H]1OC[C@@H](COC(=O)O[C@@H](C(=O)O[C@H]2C[C@@]3(O)[C@@H](OC(=O)c4ccccc4)[C@@H]4[C@]5(OC(C)=O)CO[C@@H]5C[C@H](O)[C@@]4(C)C(=O)[C@H](OC(C)=O)C(=C2C)C3(C)C)[C@@H](NC(=O)c2ccccc2)c2ccccc2)O1. The lowest BCUT2D eigenvalue weighted by Crippen LogP contribution is -2.82. The number of ketones is 1. The molecule has 2 saturated heterocycles. The Morgan fingerprint density at radius 1 is 0.750 bits per heavy atom. The second-order valence-electron chi connectivity index (χ2n) is 21.7. The molecule has 19 heteroatoms. The molecule has 0 unspecified atom stereocenters. The number of rotatable bonds is 14. The summed E-state index contributed by atoms with van der Waals surface area (Å²) in [6.07, 6.45) is -9.33. The highest BCUT2D eigenvalue weighted by Gasteiger charge is 2.78. The molecule has 8 rings (SSSR count). The number of carbonyl (C=O) groups excluding carboxylic acids is 7. The average molecular weight is 1190 g/mol. The van der Waals surface area contributed by atoms with Crippen LogP contribution in [0.2, 0.25) is 0 Å². The van der Waals surface area contributed by atoms with Gasteiger partial charge in [-0.2, -0.15) is 0 Å². The third-order valence-corrected chi connectivity index (χ3v) is 16.1. The summed E-state index contributed by atoms with van der Waals surface area (Å²) in [7, 11) is 0. The van der Waals surface area contributed by atoms with Crippen LogP contribution in [0.5, 0.6) is 0 Å². The number of amides is 1. The average Bonchev–Trinajstić information content (AvgIpc) is 0.817. The fraction of sp³-hybridized carbons (Fsp3) is 0.377. The number of ether oxygens (including phenoxy) is 9. The van der Waals surface area contributed by atoms with Gasteiger partial charge in [-0.15, -0.1) is 6.42 Å². The van der Waals surface area contributed by atoms with Crippen molar-refractivity contribution in [1.29, 1.82) is 0 Å². The summed E-state index contributed by atoms with van der Waals surface area (Å²) in [4.78, 5) is 101. The Kier molecular flexibility index (Phi) is 20.4. The van der Waals surface area contributed by atoms with E-state index in [2.05, 4.69) is 94.1 Å². The molecule has 3 aromatic carbocycles. The maximum atomic E-state index is 15.9. The van der Waals surface area contributed by atoms with Crippen LogP contribution in [0.4, 0.5) is 4.79 Å². The lowest BCUT2D eigenvalue weighted by Gasteiger charge is -2.67. The number of fused-ring (bicyclic) bond motifs is 5. The summed E-state index contributed by atoms with van der Waals surface area (Å²) in [6, 6.07) is 22.2. The normalized spacial score (nSPS) is 27.1. The van der Waals surface area contributed by atoms with E-state index in [0.29, 0.717) is 0 Å². The Morgan fingerprint density at radius 2 is 1.33 bits per heavy atom. The van der Waals surface area contributed by atoms with Gasteiger partial charge in [0, 0.05) is 37.7 Å². The van der Waals surface area contributed by atoms with Crippen LogP contribution >= 0.6 is 0 Å². The first-order valence-electron chi connectivity index (χ1n) is 27.7. The summed E-state index contributed by atoms with van der Waals surface area (Å²) in [5, 5.41) is 29.2. The van der Waals surface area contributed by atoms with Crippen LogP contribution in [0.1, 0.15) is 93.1 Å². The minimum absolute atomic E-state index is 0.0162. The van der Waals surface area contributed by atoms with Crippen molar-refractivity contribution in [3.05, 3.63) is 119 Å². The first-order chi connectivity index (χ1) is 42.2. The Balaban J connectivity index is 1.12. The van der Waals surface area contributed by atoms with E-state index in [-0.39, 0.29) is 53.9 Å². The van der Waals surface area contributed by atoms with Gasteiger partial charge < -0.3 is 58.2 Å². The van der Waals surface area contributed by atoms with E-state index in [1.807, 2.05) is 0 Å². The van der Waals surface area contributed by atoms with Crippen molar-refractivity contribution in [1.82, 2.24) is 5.32 Å². The summed E-state index contributed by atoms with van der Waals surface area (Å²) in [6.45, 7) is 7.21. The standard InChI is InChI=1S/C69H59NO18/c1-8-9-10-11-12-13-14-15-16-17-18-19-20-21-31-38-54-80-41-50(84-54)42-81-65(78)86-58(56(47-32-25-22-26-33-47)70-62(75)48-34-27-23-28-35-48)64(77)85-51-40-69(79)61(87-63(76)49-36-29-24-30-37-49)59-67(7,52(73)39-53-68(59,43-82-53)88-46(4)72)60(74)57(83-45(3)71)55(44(51)2)66(69,5)6/h1,22-30,32-37,50-54,56-59,61,73,79H,38-43H2,2-7H3,(H,70,75)/t50-,51-,52-,53+,54-,56-,57+,58+,59-,61-,67+,68-,69+/m0/s1. The fourth-order valence-electron chi connectivity index (χ4n) is 11.8. The zero-order valence-corrected chi connectivity index (χ0v) is 48.7. The van der Waals surface area contributed by atoms with E-state index in [1.54, 1.807) is 66.7 Å². The van der Waals surface area contributed by atoms with Gasteiger partial charge in [0.1, 0.15) is 42.7 Å². The molecule has 3 aromatic rings. The van der Waals surface area contributed by atoms with E-state index < -0.39 is 138 Å². The molecular weight excluding hydrogens is 1130 g/mol. The molecule has 0 spiro atoms. The lowest BCUT2D eigenvalue weighted by molar-refractivity contribution is -0.346. The molecule has 3 aliphatic carbocycles. The minimum atomic E-state index is -2.53. The highest BCUT2D eigenvalue weighted by Crippen LogP contribution is 2.64. The summed E-state index contributed by atoms with van der Waals surface area (Å²) >= 11 is 0. The van der Waals surface area contributed by atoms with Gasteiger partial charge in [-0.3, -0.25) is 19.2 Å². The largest absolute Gasteiger partial charge is 0.509 e. The molecular formula is C69H59NO18. The molecule has 1 amide bonds. The van der Waals surface area contributed by atoms with Gasteiger partial charge in [-0.1, -0.05) is 86.5 Å². The number of esters is 4. The molecule has 13 atom stereocenters. The zero-order valence-electron chi connectivity index (χ0n) is 48.7. The van der Waals surface area contributed by atoms with Crippen molar-refractivity contribution < 1.29 is 86.4 Å². The van der Waals surface area contributed by atoms with Crippen molar-refractivity contribution in [3.8, 4) is 95.2 Å². The van der Waals surface area contributed by atoms with Crippen molar-refractivity contribution in [3.63, 3.8) is 0 Å². The van der Waals surface area contributed by atoms with Gasteiger partial charge in [0.15, 0.2) is 23.8 Å². The molecule has 5 aliphatic rings. The molecule has 2 bridgehead atoms. The van der Waals surface area contributed by atoms with Crippen LogP contribution in [0.3, 0.4) is 0 Å². The Bertz CT molecular complexity index is 3790. The number of hydrogen-bond donors (Lipinski definition) is 3. The van der Waals surface area contributed by atoms with E-state index in [4.69, 9.17) is 49.1 Å². The monoisotopic (exact) mass is 1190 g/mol. The second-order valence-corrected chi connectivity index (χ2v) is 21.7. The van der Waals surface area contributed by atoms with Gasteiger partial charge in [0.2, 0.25) is 6.10 Å². The van der Waals surface area contributed by atoms with Crippen molar-refractivity contribution in [2.45, 2.75) is 127 Å². The number of hydrogen-bond acceptors (Lipinski definition) is 18. The third kappa shape index (κ3) is 13.8. The molecule has 3 N–H and O–H groups in total. The van der Waals surface area contributed by atoms with Crippen LogP contribution in [-0.4, -0.2) is 132 Å². The molecule has 0 aromatic heterocycles. The van der Waals surface area contributed by atoms with E-state index in [9.17, 15) is 34.2 Å². The smallest absolute Gasteiger partial charge is 0.455 e. The first-order valence-corrected chi connectivity index (χ1v) is 27.7. The maximum absolute atomic E-state index is 15.9. The summed E-state index contributed by atoms with van der Waals surface area (Å²) in [5.41, 5.74) is -7.90. The quantitative estimate of drug-likeness (QED) is 0.0857. The van der Waals surface area contributed by atoms with Crippen LogP contribution in [0, 0.1) is 112 Å². The maximum Gasteiger partial charge on any atom is 0.509 e. The van der Waals surface area contributed by atoms with Crippen molar-refractivity contribution in [2.75, 3.05) is 19.8 Å². The van der Waals surface area contributed by atoms with Gasteiger partial charge in [0.25, 0.3) is 5.91 Å². The molecule has 88 heavy (non-hydrogen) atoms. The summed E-state index contributed by atoms with van der Waals surface area (Å²) < 4.78 is 54.0. The molecule has 19 nitrogen and oxygen atoms in total. The third-order valence-electron chi connectivity index (χ3n) is 16.1. The van der Waals surface area contributed by atoms with E-state index >= 15 is 9.59 Å². The fourth-order valence-corrected chi connectivity index (χ4v) is 11.8. The van der Waals surface area contributed by atoms with E-state index in [1.165, 1.54) is 52.0 Å².